The Balaban J connectivity index is 1.60. The van der Waals surface area contributed by atoms with Gasteiger partial charge in [-0.1, -0.05) is 37.3 Å². The number of hydrogen-bond acceptors (Lipinski definition) is 4. The standard InChI is InChI=1S/C23H24N4O2S/c1-4-21-25-22-16(2)14-17(3)24-23(22)27(21)15-18-10-12-19(13-11-18)26-30(28,29)20-8-6-5-7-9-20/h5-14,26H,4,15H2,1-3H3. The van der Waals surface area contributed by atoms with Crippen LogP contribution >= 0.6 is 0 Å². The van der Waals surface area contributed by atoms with Crippen molar-refractivity contribution in [3.05, 3.63) is 83.3 Å². The third kappa shape index (κ3) is 3.93. The normalized spacial score (nSPS) is 11.7. The summed E-state index contributed by atoms with van der Waals surface area (Å²) in [5, 5.41) is 0. The predicted octanol–water partition coefficient (Wildman–Crippen LogP) is 4.46. The SMILES string of the molecule is CCc1nc2c(C)cc(C)nc2n1Cc1ccc(NS(=O)(=O)c2ccccc2)cc1. The molecule has 2 aromatic carbocycles. The van der Waals surface area contributed by atoms with Crippen LogP contribution in [0.1, 0.15) is 29.6 Å². The molecule has 154 valence electrons. The van der Waals surface area contributed by atoms with Gasteiger partial charge in [0, 0.05) is 17.8 Å². The van der Waals surface area contributed by atoms with Crippen molar-refractivity contribution in [2.24, 2.45) is 0 Å². The second-order valence-corrected chi connectivity index (χ2v) is 9.02. The largest absolute Gasteiger partial charge is 0.308 e. The maximum atomic E-state index is 12.5. The first-order chi connectivity index (χ1) is 14.4. The Kier molecular flexibility index (Phi) is 5.30. The molecule has 0 unspecified atom stereocenters. The fourth-order valence-electron chi connectivity index (χ4n) is 3.56. The number of nitrogens with one attached hydrogen (secondary N) is 1. The van der Waals surface area contributed by atoms with Crippen LogP contribution in [0.15, 0.2) is 65.6 Å². The van der Waals surface area contributed by atoms with Crippen LogP contribution in [0.25, 0.3) is 11.2 Å². The highest BCUT2D eigenvalue weighted by molar-refractivity contribution is 7.92. The summed E-state index contributed by atoms with van der Waals surface area (Å²) in [5.41, 5.74) is 5.49. The lowest BCUT2D eigenvalue weighted by atomic mass is 10.2. The second kappa shape index (κ2) is 7.91. The molecule has 30 heavy (non-hydrogen) atoms. The van der Waals surface area contributed by atoms with E-state index in [-0.39, 0.29) is 4.90 Å². The summed E-state index contributed by atoms with van der Waals surface area (Å²) in [7, 11) is -3.60. The monoisotopic (exact) mass is 420 g/mol. The van der Waals surface area contributed by atoms with Crippen LogP contribution in [0.3, 0.4) is 0 Å². The molecule has 2 aromatic heterocycles. The van der Waals surface area contributed by atoms with Gasteiger partial charge in [0.1, 0.15) is 11.3 Å². The van der Waals surface area contributed by atoms with Gasteiger partial charge in [0.2, 0.25) is 0 Å². The highest BCUT2D eigenvalue weighted by Crippen LogP contribution is 2.22. The molecule has 4 rings (SSSR count). The number of nitrogens with zero attached hydrogens (tertiary/aromatic N) is 3. The molecule has 4 aromatic rings. The number of benzene rings is 2. The molecule has 0 aliphatic rings. The molecule has 7 heteroatoms. The fourth-order valence-corrected chi connectivity index (χ4v) is 4.64. The zero-order valence-electron chi connectivity index (χ0n) is 17.3. The fraction of sp³-hybridized carbons (Fsp3) is 0.217. The summed E-state index contributed by atoms with van der Waals surface area (Å²) in [6.07, 6.45) is 0.809. The van der Waals surface area contributed by atoms with Gasteiger partial charge >= 0.3 is 0 Å². The molecule has 0 aliphatic heterocycles. The van der Waals surface area contributed by atoms with Crippen molar-refractivity contribution < 1.29 is 8.42 Å². The first-order valence-corrected chi connectivity index (χ1v) is 11.4. The average molecular weight is 421 g/mol. The van der Waals surface area contributed by atoms with Gasteiger partial charge in [-0.25, -0.2) is 18.4 Å². The number of anilines is 1. The number of sulfonamides is 1. The number of hydrogen-bond donors (Lipinski definition) is 1. The third-order valence-corrected chi connectivity index (χ3v) is 6.41. The molecule has 0 bridgehead atoms. The van der Waals surface area contributed by atoms with Gasteiger partial charge in [-0.15, -0.1) is 0 Å². The molecule has 0 saturated heterocycles. The number of aryl methyl sites for hydroxylation is 3. The quantitative estimate of drug-likeness (QED) is 0.500. The van der Waals surface area contributed by atoms with Gasteiger partial charge in [0.15, 0.2) is 5.65 Å². The molecular weight excluding hydrogens is 396 g/mol. The van der Waals surface area contributed by atoms with E-state index in [1.165, 1.54) is 0 Å². The summed E-state index contributed by atoms with van der Waals surface area (Å²) in [6, 6.07) is 17.8. The Labute approximate surface area is 176 Å². The summed E-state index contributed by atoms with van der Waals surface area (Å²) >= 11 is 0. The first-order valence-electron chi connectivity index (χ1n) is 9.87. The molecular formula is C23H24N4O2S. The van der Waals surface area contributed by atoms with Crippen LogP contribution in [-0.4, -0.2) is 23.0 Å². The lowest BCUT2D eigenvalue weighted by Gasteiger charge is -2.11. The van der Waals surface area contributed by atoms with Crippen molar-refractivity contribution >= 4 is 26.9 Å². The zero-order chi connectivity index (χ0) is 21.3. The average Bonchev–Trinajstić information content (AvgIpc) is 3.08. The Morgan fingerprint density at radius 1 is 0.967 bits per heavy atom. The van der Waals surface area contributed by atoms with Crippen molar-refractivity contribution in [2.75, 3.05) is 4.72 Å². The minimum absolute atomic E-state index is 0.239. The number of aromatic nitrogens is 3. The first kappa shape index (κ1) is 20.1. The molecule has 6 nitrogen and oxygen atoms in total. The summed E-state index contributed by atoms with van der Waals surface area (Å²) in [5.74, 6) is 0.986. The molecule has 0 amide bonds. The van der Waals surface area contributed by atoms with Gasteiger partial charge in [-0.05, 0) is 55.3 Å². The molecule has 0 saturated carbocycles. The lowest BCUT2D eigenvalue weighted by molar-refractivity contribution is 0.601. The van der Waals surface area contributed by atoms with Crippen molar-refractivity contribution in [2.45, 2.75) is 38.6 Å². The van der Waals surface area contributed by atoms with Crippen molar-refractivity contribution in [1.82, 2.24) is 14.5 Å². The molecule has 0 aliphatic carbocycles. The summed E-state index contributed by atoms with van der Waals surface area (Å²) in [4.78, 5) is 9.73. The van der Waals surface area contributed by atoms with Crippen LogP contribution in [0.5, 0.6) is 0 Å². The van der Waals surface area contributed by atoms with Gasteiger partial charge in [-0.2, -0.15) is 0 Å². The lowest BCUT2D eigenvalue weighted by Crippen LogP contribution is -2.12. The van der Waals surface area contributed by atoms with Gasteiger partial charge in [0.05, 0.1) is 11.4 Å². The maximum Gasteiger partial charge on any atom is 0.261 e. The Bertz CT molecular complexity index is 1290. The van der Waals surface area contributed by atoms with Crippen LogP contribution in [0, 0.1) is 13.8 Å². The molecule has 0 radical (unpaired) electrons. The molecule has 1 N–H and O–H groups in total. The maximum absolute atomic E-state index is 12.5. The smallest absolute Gasteiger partial charge is 0.261 e. The summed E-state index contributed by atoms with van der Waals surface area (Å²) < 4.78 is 29.8. The van der Waals surface area contributed by atoms with E-state index in [0.717, 1.165) is 40.2 Å². The topological polar surface area (TPSA) is 76.9 Å². The van der Waals surface area contributed by atoms with E-state index < -0.39 is 10.0 Å². The van der Waals surface area contributed by atoms with Crippen LogP contribution in [0.4, 0.5) is 5.69 Å². The van der Waals surface area contributed by atoms with E-state index in [2.05, 4.69) is 23.1 Å². The Morgan fingerprint density at radius 3 is 2.33 bits per heavy atom. The van der Waals surface area contributed by atoms with Crippen molar-refractivity contribution in [3.63, 3.8) is 0 Å². The van der Waals surface area contributed by atoms with E-state index in [4.69, 9.17) is 9.97 Å². The Morgan fingerprint density at radius 2 is 1.67 bits per heavy atom. The minimum Gasteiger partial charge on any atom is -0.308 e. The highest BCUT2D eigenvalue weighted by atomic mass is 32.2. The van der Waals surface area contributed by atoms with Crippen molar-refractivity contribution in [1.29, 1.82) is 0 Å². The van der Waals surface area contributed by atoms with E-state index in [9.17, 15) is 8.42 Å². The second-order valence-electron chi connectivity index (χ2n) is 7.34. The minimum atomic E-state index is -3.60. The Hall–Kier alpha value is -3.19. The number of rotatable bonds is 6. The third-order valence-electron chi connectivity index (χ3n) is 5.02. The van der Waals surface area contributed by atoms with E-state index >= 15 is 0 Å². The molecule has 0 spiro atoms. The predicted molar refractivity (Wildman–Crippen MR) is 119 cm³/mol. The molecule has 0 fully saturated rings. The van der Waals surface area contributed by atoms with E-state index in [0.29, 0.717) is 12.2 Å². The molecule has 0 atom stereocenters. The number of fused-ring (bicyclic) bond motifs is 1. The summed E-state index contributed by atoms with van der Waals surface area (Å²) in [6.45, 7) is 6.76. The van der Waals surface area contributed by atoms with E-state index in [1.54, 1.807) is 42.5 Å². The van der Waals surface area contributed by atoms with E-state index in [1.807, 2.05) is 25.1 Å². The van der Waals surface area contributed by atoms with Gasteiger partial charge < -0.3 is 4.57 Å². The van der Waals surface area contributed by atoms with Gasteiger partial charge in [-0.3, -0.25) is 4.72 Å². The molecule has 2 heterocycles. The highest BCUT2D eigenvalue weighted by Gasteiger charge is 2.15. The zero-order valence-corrected chi connectivity index (χ0v) is 18.1. The number of imidazole rings is 1. The van der Waals surface area contributed by atoms with Crippen molar-refractivity contribution in [3.8, 4) is 0 Å². The van der Waals surface area contributed by atoms with Gasteiger partial charge in [0.25, 0.3) is 10.0 Å². The number of pyridine rings is 1. The van der Waals surface area contributed by atoms with Crippen LogP contribution in [0.2, 0.25) is 0 Å². The van der Waals surface area contributed by atoms with Crippen LogP contribution < -0.4 is 4.72 Å². The van der Waals surface area contributed by atoms with Crippen LogP contribution in [-0.2, 0) is 23.0 Å².